The lowest BCUT2D eigenvalue weighted by Gasteiger charge is -2.03. The summed E-state index contributed by atoms with van der Waals surface area (Å²) in [6.45, 7) is 5.91. The zero-order chi connectivity index (χ0) is 13.7. The second kappa shape index (κ2) is 6.00. The largest absolute Gasteiger partial charge is 0.464 e. The molecule has 0 atom stereocenters. The number of fused-ring (bicyclic) bond motifs is 1. The fourth-order valence-corrected chi connectivity index (χ4v) is 1.58. The molecule has 18 heavy (non-hydrogen) atoms. The lowest BCUT2D eigenvalue weighted by molar-refractivity contribution is 0.0594. The van der Waals surface area contributed by atoms with Crippen LogP contribution >= 0.6 is 0 Å². The van der Waals surface area contributed by atoms with Crippen molar-refractivity contribution in [3.8, 4) is 0 Å². The summed E-state index contributed by atoms with van der Waals surface area (Å²) in [6.07, 6.45) is 0. The fraction of sp³-hybridized carbons (Fsp3) is 0.286. The average molecular weight is 247 g/mol. The van der Waals surface area contributed by atoms with Gasteiger partial charge in [0.05, 0.1) is 7.11 Å². The molecule has 1 N–H and O–H groups in total. The topological polar surface area (TPSA) is 59.2 Å². The number of nitrogens with one attached hydrogen (secondary N) is 1. The van der Waals surface area contributed by atoms with Gasteiger partial charge in [0.15, 0.2) is 5.43 Å². The molecule has 4 nitrogen and oxygen atoms in total. The number of pyridine rings is 1. The number of rotatable bonds is 1. The Morgan fingerprint density at radius 2 is 1.89 bits per heavy atom. The van der Waals surface area contributed by atoms with Gasteiger partial charge in [0.1, 0.15) is 5.69 Å². The van der Waals surface area contributed by atoms with Crippen molar-refractivity contribution >= 4 is 16.9 Å². The summed E-state index contributed by atoms with van der Waals surface area (Å²) >= 11 is 0. The van der Waals surface area contributed by atoms with E-state index in [4.69, 9.17) is 0 Å². The van der Waals surface area contributed by atoms with Gasteiger partial charge in [0.2, 0.25) is 0 Å². The van der Waals surface area contributed by atoms with Gasteiger partial charge in [-0.05, 0) is 19.1 Å². The van der Waals surface area contributed by atoms with Crippen molar-refractivity contribution in [2.75, 3.05) is 7.11 Å². The number of hydrogen-bond acceptors (Lipinski definition) is 3. The number of carbonyl (C=O) groups is 1. The quantitative estimate of drug-likeness (QED) is 0.788. The number of ether oxygens (including phenoxy) is 1. The van der Waals surface area contributed by atoms with Crippen LogP contribution in [-0.4, -0.2) is 18.1 Å². The highest BCUT2D eigenvalue weighted by Crippen LogP contribution is 2.10. The molecule has 0 radical (unpaired) electrons. The van der Waals surface area contributed by atoms with E-state index in [1.165, 1.54) is 13.2 Å². The van der Waals surface area contributed by atoms with Crippen LogP contribution in [0.25, 0.3) is 10.9 Å². The third-order valence-corrected chi connectivity index (χ3v) is 2.39. The van der Waals surface area contributed by atoms with Gasteiger partial charge in [0.25, 0.3) is 0 Å². The number of benzene rings is 1. The van der Waals surface area contributed by atoms with Crippen molar-refractivity contribution in [3.05, 3.63) is 45.7 Å². The van der Waals surface area contributed by atoms with E-state index in [2.05, 4.69) is 9.72 Å². The predicted molar refractivity (Wildman–Crippen MR) is 72.0 cm³/mol. The van der Waals surface area contributed by atoms with Gasteiger partial charge in [0, 0.05) is 17.0 Å². The average Bonchev–Trinajstić information content (AvgIpc) is 2.40. The highest BCUT2D eigenvalue weighted by Gasteiger charge is 2.09. The van der Waals surface area contributed by atoms with Crippen LogP contribution in [0, 0.1) is 6.92 Å². The summed E-state index contributed by atoms with van der Waals surface area (Å²) in [7, 11) is 1.28. The number of carbonyl (C=O) groups excluding carboxylic acids is 1. The normalized spacial score (nSPS) is 9.56. The Bertz CT molecular complexity index is 614. The van der Waals surface area contributed by atoms with Crippen molar-refractivity contribution in [2.24, 2.45) is 0 Å². The molecule has 96 valence electrons. The molecule has 0 amide bonds. The molecule has 0 aliphatic carbocycles. The van der Waals surface area contributed by atoms with Gasteiger partial charge in [-0.3, -0.25) is 4.79 Å². The van der Waals surface area contributed by atoms with Crippen LogP contribution < -0.4 is 5.43 Å². The molecule has 2 aromatic rings. The van der Waals surface area contributed by atoms with E-state index in [0.29, 0.717) is 10.9 Å². The van der Waals surface area contributed by atoms with Gasteiger partial charge in [-0.2, -0.15) is 0 Å². The minimum atomic E-state index is -0.542. The minimum Gasteiger partial charge on any atom is -0.464 e. The third-order valence-electron chi connectivity index (χ3n) is 2.39. The molecule has 1 aromatic heterocycles. The predicted octanol–water partition coefficient (Wildman–Crippen LogP) is 2.65. The second-order valence-corrected chi connectivity index (χ2v) is 3.59. The molecule has 0 saturated carbocycles. The number of aromatic amines is 1. The number of H-pyrrole nitrogens is 1. The van der Waals surface area contributed by atoms with Crippen molar-refractivity contribution in [3.63, 3.8) is 0 Å². The maximum absolute atomic E-state index is 11.7. The van der Waals surface area contributed by atoms with Crippen LogP contribution in [0.4, 0.5) is 0 Å². The number of esters is 1. The van der Waals surface area contributed by atoms with E-state index in [-0.39, 0.29) is 11.1 Å². The van der Waals surface area contributed by atoms with Crippen molar-refractivity contribution < 1.29 is 9.53 Å². The molecule has 1 aromatic carbocycles. The van der Waals surface area contributed by atoms with Gasteiger partial charge in [-0.15, -0.1) is 0 Å². The molecule has 0 aliphatic heterocycles. The summed E-state index contributed by atoms with van der Waals surface area (Å²) in [5.74, 6) is -0.542. The molecule has 1 heterocycles. The monoisotopic (exact) mass is 247 g/mol. The maximum atomic E-state index is 11.7. The smallest absolute Gasteiger partial charge is 0.354 e. The molecule has 0 spiro atoms. The highest BCUT2D eigenvalue weighted by atomic mass is 16.5. The van der Waals surface area contributed by atoms with Crippen molar-refractivity contribution in [1.82, 2.24) is 4.98 Å². The summed E-state index contributed by atoms with van der Waals surface area (Å²) in [5.41, 5.74) is 1.63. The Balaban J connectivity index is 0.000000771. The molecule has 0 fully saturated rings. The first kappa shape index (κ1) is 14.0. The van der Waals surface area contributed by atoms with Crippen LogP contribution in [0.1, 0.15) is 29.9 Å². The first-order valence-corrected chi connectivity index (χ1v) is 5.84. The van der Waals surface area contributed by atoms with E-state index in [9.17, 15) is 9.59 Å². The lowest BCUT2D eigenvalue weighted by Crippen LogP contribution is -2.11. The molecule has 0 unspecified atom stereocenters. The Labute approximate surface area is 106 Å². The second-order valence-electron chi connectivity index (χ2n) is 3.59. The van der Waals surface area contributed by atoms with Crippen LogP contribution in [0.5, 0.6) is 0 Å². The first-order chi connectivity index (χ1) is 8.61. The summed E-state index contributed by atoms with van der Waals surface area (Å²) in [5, 5.41) is 0.577. The number of methoxy groups -OCH3 is 1. The number of hydrogen-bond donors (Lipinski definition) is 1. The Morgan fingerprint density at radius 3 is 2.50 bits per heavy atom. The molecule has 0 saturated heterocycles. The van der Waals surface area contributed by atoms with Crippen molar-refractivity contribution in [2.45, 2.75) is 20.8 Å². The molecule has 4 heteroatoms. The molecule has 0 bridgehead atoms. The fourth-order valence-electron chi connectivity index (χ4n) is 1.58. The summed E-state index contributed by atoms with van der Waals surface area (Å²) in [6, 6.07) is 6.70. The standard InChI is InChI=1S/C12H11NO3.C2H6/c1-7-3-4-9-8(5-7)11(14)6-10(13-9)12(15)16-2;1-2/h3-6H,1-2H3,(H,13,14);1-2H3. The third kappa shape index (κ3) is 2.77. The summed E-state index contributed by atoms with van der Waals surface area (Å²) in [4.78, 5) is 25.9. The zero-order valence-corrected chi connectivity index (χ0v) is 11.0. The molecule has 0 aliphatic rings. The maximum Gasteiger partial charge on any atom is 0.354 e. The highest BCUT2D eigenvalue weighted by molar-refractivity contribution is 5.90. The minimum absolute atomic E-state index is 0.170. The Morgan fingerprint density at radius 1 is 1.22 bits per heavy atom. The number of aromatic nitrogens is 1. The Kier molecular flexibility index (Phi) is 4.66. The first-order valence-electron chi connectivity index (χ1n) is 5.84. The van der Waals surface area contributed by atoms with Gasteiger partial charge in [-0.25, -0.2) is 4.79 Å². The zero-order valence-electron chi connectivity index (χ0n) is 11.0. The van der Waals surface area contributed by atoms with E-state index >= 15 is 0 Å². The van der Waals surface area contributed by atoms with Crippen LogP contribution in [0.2, 0.25) is 0 Å². The van der Waals surface area contributed by atoms with Crippen LogP contribution in [0.3, 0.4) is 0 Å². The SMILES string of the molecule is CC.COC(=O)c1cc(=O)c2cc(C)ccc2[nH]1. The Hall–Kier alpha value is -2.10. The van der Waals surface area contributed by atoms with Crippen molar-refractivity contribution in [1.29, 1.82) is 0 Å². The van der Waals surface area contributed by atoms with E-state index in [0.717, 1.165) is 5.56 Å². The van der Waals surface area contributed by atoms with Crippen LogP contribution in [0.15, 0.2) is 29.1 Å². The van der Waals surface area contributed by atoms with E-state index in [1.807, 2.05) is 26.8 Å². The summed E-state index contributed by atoms with van der Waals surface area (Å²) < 4.78 is 4.55. The lowest BCUT2D eigenvalue weighted by atomic mass is 10.1. The number of aryl methyl sites for hydroxylation is 1. The van der Waals surface area contributed by atoms with E-state index < -0.39 is 5.97 Å². The molecular weight excluding hydrogens is 230 g/mol. The van der Waals surface area contributed by atoms with Gasteiger partial charge >= 0.3 is 5.97 Å². The molecule has 2 rings (SSSR count). The molecular formula is C14H17NO3. The van der Waals surface area contributed by atoms with Gasteiger partial charge < -0.3 is 9.72 Å². The van der Waals surface area contributed by atoms with E-state index in [1.54, 1.807) is 12.1 Å². The van der Waals surface area contributed by atoms with Gasteiger partial charge in [-0.1, -0.05) is 25.5 Å². The van der Waals surface area contributed by atoms with Crippen LogP contribution in [-0.2, 0) is 4.74 Å².